The Morgan fingerprint density at radius 1 is 0.886 bits per heavy atom. The highest BCUT2D eigenvalue weighted by Crippen LogP contribution is 2.33. The number of nitrogens with zero attached hydrogens (tertiary/aromatic N) is 4. The van der Waals surface area contributed by atoms with Crippen molar-refractivity contribution in [3.63, 3.8) is 0 Å². The van der Waals surface area contributed by atoms with E-state index in [1.54, 1.807) is 16.8 Å². The lowest BCUT2D eigenvalue weighted by Gasteiger charge is -2.22. The smallest absolute Gasteiger partial charge is 0.218 e. The predicted octanol–water partition coefficient (Wildman–Crippen LogP) is 4.76. The molecule has 0 amide bonds. The standard InChI is InChI=1S/C27H27N5O2S/c33-35(34,17-19-4-2-1-3-5-19)32(24-9-10-24)16-23-14-21(12-13-28-23)20-6-11-26-25(15-20)27(30-18-29-26)31-22-7-8-22/h1-6,11-15,18,22,24H,7-10,16-17H2,(H,29,30,31). The molecular weight excluding hydrogens is 458 g/mol. The van der Waals surface area contributed by atoms with Gasteiger partial charge in [0.05, 0.1) is 23.5 Å². The average molecular weight is 486 g/mol. The molecule has 0 bridgehead atoms. The molecule has 6 rings (SSSR count). The van der Waals surface area contributed by atoms with Gasteiger partial charge in [0.2, 0.25) is 10.0 Å². The van der Waals surface area contributed by atoms with Crippen LogP contribution in [0.4, 0.5) is 5.82 Å². The Kier molecular flexibility index (Phi) is 5.70. The molecule has 2 aromatic heterocycles. The van der Waals surface area contributed by atoms with Crippen molar-refractivity contribution in [1.82, 2.24) is 19.3 Å². The molecule has 0 unspecified atom stereocenters. The number of anilines is 1. The van der Waals surface area contributed by atoms with Crippen molar-refractivity contribution in [1.29, 1.82) is 0 Å². The zero-order chi connectivity index (χ0) is 23.8. The molecule has 35 heavy (non-hydrogen) atoms. The third-order valence-electron chi connectivity index (χ3n) is 6.52. The lowest BCUT2D eigenvalue weighted by atomic mass is 10.0. The molecule has 8 heteroatoms. The predicted molar refractivity (Wildman–Crippen MR) is 137 cm³/mol. The minimum absolute atomic E-state index is 0.00543. The van der Waals surface area contributed by atoms with Crippen LogP contribution in [0.5, 0.6) is 0 Å². The quantitative estimate of drug-likeness (QED) is 0.368. The van der Waals surface area contributed by atoms with E-state index < -0.39 is 10.0 Å². The molecule has 2 saturated carbocycles. The van der Waals surface area contributed by atoms with Gasteiger partial charge in [-0.1, -0.05) is 36.4 Å². The molecule has 0 aliphatic heterocycles. The first-order valence-corrected chi connectivity index (χ1v) is 13.7. The van der Waals surface area contributed by atoms with E-state index >= 15 is 0 Å². The molecule has 7 nitrogen and oxygen atoms in total. The van der Waals surface area contributed by atoms with Crippen molar-refractivity contribution in [3.05, 3.63) is 84.4 Å². The highest BCUT2D eigenvalue weighted by atomic mass is 32.2. The van der Waals surface area contributed by atoms with Gasteiger partial charge in [-0.15, -0.1) is 0 Å². The van der Waals surface area contributed by atoms with Crippen LogP contribution >= 0.6 is 0 Å². The van der Waals surface area contributed by atoms with Gasteiger partial charge in [-0.3, -0.25) is 4.98 Å². The van der Waals surface area contributed by atoms with E-state index in [0.29, 0.717) is 6.04 Å². The topological polar surface area (TPSA) is 88.1 Å². The Labute approximate surface area is 205 Å². The van der Waals surface area contributed by atoms with E-state index in [2.05, 4.69) is 26.3 Å². The minimum atomic E-state index is -3.46. The van der Waals surface area contributed by atoms with E-state index in [1.807, 2.05) is 54.6 Å². The van der Waals surface area contributed by atoms with Crippen LogP contribution in [0, 0.1) is 0 Å². The summed E-state index contributed by atoms with van der Waals surface area (Å²) in [6.07, 6.45) is 7.49. The normalized spacial score (nSPS) is 16.0. The molecule has 1 N–H and O–H groups in total. The Morgan fingerprint density at radius 2 is 1.69 bits per heavy atom. The fourth-order valence-electron chi connectivity index (χ4n) is 4.36. The molecule has 2 aromatic carbocycles. The first kappa shape index (κ1) is 22.1. The van der Waals surface area contributed by atoms with Crippen molar-refractivity contribution in [3.8, 4) is 11.1 Å². The van der Waals surface area contributed by atoms with Crippen LogP contribution in [0.15, 0.2) is 73.2 Å². The largest absolute Gasteiger partial charge is 0.367 e. The van der Waals surface area contributed by atoms with Gasteiger partial charge in [-0.2, -0.15) is 4.31 Å². The van der Waals surface area contributed by atoms with E-state index in [4.69, 9.17) is 0 Å². The molecule has 4 aromatic rings. The lowest BCUT2D eigenvalue weighted by Crippen LogP contribution is -2.34. The van der Waals surface area contributed by atoms with Gasteiger partial charge in [0.15, 0.2) is 0 Å². The molecular formula is C27H27N5O2S. The number of nitrogens with one attached hydrogen (secondary N) is 1. The molecule has 178 valence electrons. The number of benzene rings is 2. The Morgan fingerprint density at radius 3 is 2.46 bits per heavy atom. The summed E-state index contributed by atoms with van der Waals surface area (Å²) >= 11 is 0. The second kappa shape index (κ2) is 9.02. The number of hydrogen-bond acceptors (Lipinski definition) is 6. The van der Waals surface area contributed by atoms with Crippen LogP contribution < -0.4 is 5.32 Å². The first-order valence-electron chi connectivity index (χ1n) is 12.1. The molecule has 0 saturated heterocycles. The Balaban J connectivity index is 1.28. The van der Waals surface area contributed by atoms with E-state index in [0.717, 1.165) is 51.9 Å². The lowest BCUT2D eigenvalue weighted by molar-refractivity contribution is 0.394. The third kappa shape index (κ3) is 5.04. The summed E-state index contributed by atoms with van der Waals surface area (Å²) in [5.41, 5.74) is 4.46. The van der Waals surface area contributed by atoms with Crippen molar-refractivity contribution in [2.75, 3.05) is 5.32 Å². The van der Waals surface area contributed by atoms with Gasteiger partial charge >= 0.3 is 0 Å². The van der Waals surface area contributed by atoms with Crippen LogP contribution in [0.25, 0.3) is 22.0 Å². The molecule has 0 radical (unpaired) electrons. The van der Waals surface area contributed by atoms with Crippen molar-refractivity contribution < 1.29 is 8.42 Å². The molecule has 2 aliphatic carbocycles. The van der Waals surface area contributed by atoms with Gasteiger partial charge in [-0.05, 0) is 66.6 Å². The second-order valence-electron chi connectivity index (χ2n) is 9.43. The SMILES string of the molecule is O=S(=O)(Cc1ccccc1)N(Cc1cc(-c2ccc3ncnc(NC4CC4)c3c2)ccn1)C1CC1. The number of sulfonamides is 1. The third-order valence-corrected chi connectivity index (χ3v) is 8.36. The summed E-state index contributed by atoms with van der Waals surface area (Å²) in [5, 5.41) is 4.48. The Bertz CT molecular complexity index is 1470. The van der Waals surface area contributed by atoms with Crippen LogP contribution in [0.3, 0.4) is 0 Å². The van der Waals surface area contributed by atoms with Crippen LogP contribution in [-0.4, -0.2) is 39.8 Å². The minimum Gasteiger partial charge on any atom is -0.367 e. The zero-order valence-electron chi connectivity index (χ0n) is 19.3. The van der Waals surface area contributed by atoms with Gasteiger partial charge < -0.3 is 5.32 Å². The van der Waals surface area contributed by atoms with Crippen LogP contribution in [0.2, 0.25) is 0 Å². The Hall–Kier alpha value is -3.36. The van der Waals surface area contributed by atoms with E-state index in [9.17, 15) is 8.42 Å². The highest BCUT2D eigenvalue weighted by molar-refractivity contribution is 7.88. The highest BCUT2D eigenvalue weighted by Gasteiger charge is 2.37. The van der Waals surface area contributed by atoms with Gasteiger partial charge in [0, 0.05) is 23.7 Å². The maximum atomic E-state index is 13.3. The number of aromatic nitrogens is 3. The number of hydrogen-bond donors (Lipinski definition) is 1. The van der Waals surface area contributed by atoms with Gasteiger partial charge in [0.25, 0.3) is 0 Å². The summed E-state index contributed by atoms with van der Waals surface area (Å²) < 4.78 is 28.2. The number of pyridine rings is 1. The molecule has 2 aliphatic rings. The van der Waals surface area contributed by atoms with Gasteiger partial charge in [0.1, 0.15) is 12.1 Å². The number of rotatable bonds is 9. The van der Waals surface area contributed by atoms with E-state index in [1.165, 1.54) is 12.8 Å². The second-order valence-corrected chi connectivity index (χ2v) is 11.3. The fourth-order valence-corrected chi connectivity index (χ4v) is 6.13. The maximum absolute atomic E-state index is 13.3. The zero-order valence-corrected chi connectivity index (χ0v) is 20.2. The van der Waals surface area contributed by atoms with Crippen molar-refractivity contribution in [2.24, 2.45) is 0 Å². The molecule has 0 atom stereocenters. The summed E-state index contributed by atoms with van der Waals surface area (Å²) in [7, 11) is -3.46. The monoisotopic (exact) mass is 485 g/mol. The molecule has 2 heterocycles. The summed E-state index contributed by atoms with van der Waals surface area (Å²) in [6.45, 7) is 0.277. The summed E-state index contributed by atoms with van der Waals surface area (Å²) in [5.74, 6) is 0.867. The maximum Gasteiger partial charge on any atom is 0.218 e. The summed E-state index contributed by atoms with van der Waals surface area (Å²) in [6, 6.07) is 20.0. The van der Waals surface area contributed by atoms with E-state index in [-0.39, 0.29) is 18.3 Å². The fraction of sp³-hybridized carbons (Fsp3) is 0.296. The van der Waals surface area contributed by atoms with Crippen molar-refractivity contribution >= 4 is 26.7 Å². The summed E-state index contributed by atoms with van der Waals surface area (Å²) in [4.78, 5) is 13.4. The first-order chi connectivity index (χ1) is 17.0. The molecule has 2 fully saturated rings. The van der Waals surface area contributed by atoms with Gasteiger partial charge in [-0.25, -0.2) is 18.4 Å². The van der Waals surface area contributed by atoms with Crippen LogP contribution in [0.1, 0.15) is 36.9 Å². The molecule has 0 spiro atoms. The van der Waals surface area contributed by atoms with Crippen LogP contribution in [-0.2, 0) is 22.3 Å². The van der Waals surface area contributed by atoms with Crippen molar-refractivity contribution in [2.45, 2.75) is 50.1 Å². The number of fused-ring (bicyclic) bond motifs is 1. The average Bonchev–Trinajstić information content (AvgIpc) is 3.79.